The number of esters is 1. The highest BCUT2D eigenvalue weighted by molar-refractivity contribution is 5.80. The molecule has 4 rings (SSSR count). The van der Waals surface area contributed by atoms with Gasteiger partial charge in [-0.1, -0.05) is 0 Å². The molecule has 4 fully saturated rings. The van der Waals surface area contributed by atoms with Crippen LogP contribution in [0.1, 0.15) is 45.4 Å². The summed E-state index contributed by atoms with van der Waals surface area (Å²) < 4.78 is 5.50. The average Bonchev–Trinajstić information content (AvgIpc) is 3.07. The van der Waals surface area contributed by atoms with Gasteiger partial charge in [0.1, 0.15) is 0 Å². The maximum atomic E-state index is 12.6. The van der Waals surface area contributed by atoms with Gasteiger partial charge in [0.25, 0.3) is 0 Å². The van der Waals surface area contributed by atoms with E-state index in [4.69, 9.17) is 4.74 Å². The number of hydrogen-bond acceptors (Lipinski definition) is 2. The Balaban J connectivity index is 1.77. The van der Waals surface area contributed by atoms with Crippen LogP contribution in [-0.2, 0) is 9.53 Å². The molecular weight excluding hydrogens is 212 g/mol. The van der Waals surface area contributed by atoms with Gasteiger partial charge >= 0.3 is 5.97 Å². The standard InChI is InChI=1S/C15H22O2/c1-2-17-14(16)15-11-5-3-9(7-11)13(15)10-4-6-12(15)8-10/h9-13H,2-8H2,1H3. The van der Waals surface area contributed by atoms with Crippen molar-refractivity contribution < 1.29 is 9.53 Å². The monoisotopic (exact) mass is 234 g/mol. The highest BCUT2D eigenvalue weighted by atomic mass is 16.5. The van der Waals surface area contributed by atoms with Crippen LogP contribution in [-0.4, -0.2) is 12.6 Å². The molecule has 94 valence electrons. The molecule has 2 heteroatoms. The first-order chi connectivity index (χ1) is 8.28. The van der Waals surface area contributed by atoms with Gasteiger partial charge in [-0.15, -0.1) is 0 Å². The van der Waals surface area contributed by atoms with E-state index in [9.17, 15) is 4.79 Å². The normalized spacial score (nSPS) is 54.1. The molecule has 0 saturated heterocycles. The summed E-state index contributed by atoms with van der Waals surface area (Å²) in [5, 5.41) is 0. The second-order valence-electron chi connectivity index (χ2n) is 6.72. The summed E-state index contributed by atoms with van der Waals surface area (Å²) in [5.74, 6) is 3.96. The van der Waals surface area contributed by atoms with Crippen molar-refractivity contribution in [3.05, 3.63) is 0 Å². The van der Waals surface area contributed by atoms with E-state index < -0.39 is 0 Å². The Morgan fingerprint density at radius 2 is 1.71 bits per heavy atom. The summed E-state index contributed by atoms with van der Waals surface area (Å²) in [4.78, 5) is 12.6. The number of ether oxygens (including phenoxy) is 1. The van der Waals surface area contributed by atoms with E-state index in [1.54, 1.807) is 0 Å². The first kappa shape index (κ1) is 10.4. The smallest absolute Gasteiger partial charge is 0.312 e. The number of carbonyl (C=O) groups excluding carboxylic acids is 1. The SMILES string of the molecule is CCOC(=O)C12C3CCC(C3)C1C1CCC2C1. The quantitative estimate of drug-likeness (QED) is 0.542. The van der Waals surface area contributed by atoms with Crippen LogP contribution >= 0.6 is 0 Å². The lowest BCUT2D eigenvalue weighted by atomic mass is 9.59. The Bertz CT molecular complexity index is 340. The van der Waals surface area contributed by atoms with Gasteiger partial charge in [0.05, 0.1) is 12.0 Å². The second-order valence-corrected chi connectivity index (χ2v) is 6.72. The van der Waals surface area contributed by atoms with Crippen molar-refractivity contribution in [1.29, 1.82) is 0 Å². The molecule has 0 aromatic carbocycles. The van der Waals surface area contributed by atoms with Crippen LogP contribution in [0.25, 0.3) is 0 Å². The molecular formula is C15H22O2. The molecule has 4 aliphatic carbocycles. The lowest BCUT2D eigenvalue weighted by molar-refractivity contribution is -0.168. The molecule has 0 aliphatic heterocycles. The first-order valence-electron chi connectivity index (χ1n) is 7.45. The van der Waals surface area contributed by atoms with E-state index >= 15 is 0 Å². The topological polar surface area (TPSA) is 26.3 Å². The van der Waals surface area contributed by atoms with Gasteiger partial charge < -0.3 is 4.74 Å². The largest absolute Gasteiger partial charge is 0.466 e. The third-order valence-corrected chi connectivity index (χ3v) is 6.49. The highest BCUT2D eigenvalue weighted by Crippen LogP contribution is 2.74. The van der Waals surface area contributed by atoms with Crippen molar-refractivity contribution in [2.75, 3.05) is 6.61 Å². The molecule has 0 N–H and O–H groups in total. The summed E-state index contributed by atoms with van der Waals surface area (Å²) in [6, 6.07) is 0. The minimum absolute atomic E-state index is 0.0121. The van der Waals surface area contributed by atoms with Crippen molar-refractivity contribution in [3.8, 4) is 0 Å². The van der Waals surface area contributed by atoms with E-state index in [1.165, 1.54) is 38.5 Å². The summed E-state index contributed by atoms with van der Waals surface area (Å²) in [6.45, 7) is 2.51. The Hall–Kier alpha value is -0.530. The molecule has 4 saturated carbocycles. The molecule has 0 radical (unpaired) electrons. The summed E-state index contributed by atoms with van der Waals surface area (Å²) in [7, 11) is 0. The van der Waals surface area contributed by atoms with Crippen molar-refractivity contribution >= 4 is 5.97 Å². The van der Waals surface area contributed by atoms with Crippen LogP contribution in [0.15, 0.2) is 0 Å². The fraction of sp³-hybridized carbons (Fsp3) is 0.933. The van der Waals surface area contributed by atoms with Crippen LogP contribution in [0.3, 0.4) is 0 Å². The maximum Gasteiger partial charge on any atom is 0.312 e. The predicted molar refractivity (Wildman–Crippen MR) is 64.2 cm³/mol. The molecule has 4 aliphatic rings. The fourth-order valence-electron chi connectivity index (χ4n) is 6.32. The second kappa shape index (κ2) is 3.27. The fourth-order valence-corrected chi connectivity index (χ4v) is 6.32. The van der Waals surface area contributed by atoms with E-state index in [0.29, 0.717) is 24.4 Å². The predicted octanol–water partition coefficient (Wildman–Crippen LogP) is 3.01. The van der Waals surface area contributed by atoms with Crippen LogP contribution in [0.5, 0.6) is 0 Å². The number of carbonyl (C=O) groups is 1. The van der Waals surface area contributed by atoms with E-state index in [0.717, 1.165) is 11.8 Å². The highest BCUT2D eigenvalue weighted by Gasteiger charge is 2.72. The van der Waals surface area contributed by atoms with Crippen molar-refractivity contribution in [3.63, 3.8) is 0 Å². The van der Waals surface area contributed by atoms with Crippen LogP contribution < -0.4 is 0 Å². The van der Waals surface area contributed by atoms with Gasteiger partial charge in [-0.25, -0.2) is 0 Å². The third-order valence-electron chi connectivity index (χ3n) is 6.49. The van der Waals surface area contributed by atoms with Gasteiger partial charge in [0.15, 0.2) is 0 Å². The molecule has 0 amide bonds. The number of fused-ring (bicyclic) bond motifs is 9. The lowest BCUT2D eigenvalue weighted by Crippen LogP contribution is -2.48. The molecule has 4 bridgehead atoms. The zero-order valence-corrected chi connectivity index (χ0v) is 10.7. The lowest BCUT2D eigenvalue weighted by Gasteiger charge is -2.44. The molecule has 2 nitrogen and oxygen atoms in total. The Morgan fingerprint density at radius 1 is 1.12 bits per heavy atom. The number of hydrogen-bond donors (Lipinski definition) is 0. The summed E-state index contributed by atoms with van der Waals surface area (Å²) in [6.07, 6.45) is 8.03. The maximum absolute atomic E-state index is 12.6. The minimum atomic E-state index is -0.0121. The van der Waals surface area contributed by atoms with Gasteiger partial charge in [-0.3, -0.25) is 4.79 Å². The Morgan fingerprint density at radius 3 is 2.24 bits per heavy atom. The Labute approximate surface area is 103 Å². The zero-order valence-electron chi connectivity index (χ0n) is 10.7. The van der Waals surface area contributed by atoms with Crippen molar-refractivity contribution in [1.82, 2.24) is 0 Å². The summed E-state index contributed by atoms with van der Waals surface area (Å²) in [5.41, 5.74) is -0.0121. The van der Waals surface area contributed by atoms with Crippen molar-refractivity contribution in [2.24, 2.45) is 35.0 Å². The van der Waals surface area contributed by atoms with Crippen LogP contribution in [0.2, 0.25) is 0 Å². The third kappa shape index (κ3) is 1.02. The molecule has 0 heterocycles. The van der Waals surface area contributed by atoms with E-state index in [1.807, 2.05) is 6.92 Å². The molecule has 17 heavy (non-hydrogen) atoms. The van der Waals surface area contributed by atoms with Gasteiger partial charge in [-0.05, 0) is 75.0 Å². The zero-order chi connectivity index (χ0) is 11.6. The van der Waals surface area contributed by atoms with Gasteiger partial charge in [0.2, 0.25) is 0 Å². The molecule has 0 aromatic heterocycles. The molecule has 0 spiro atoms. The van der Waals surface area contributed by atoms with E-state index in [2.05, 4.69) is 0 Å². The number of rotatable bonds is 2. The van der Waals surface area contributed by atoms with Crippen molar-refractivity contribution in [2.45, 2.75) is 45.4 Å². The molecule has 4 unspecified atom stereocenters. The minimum Gasteiger partial charge on any atom is -0.466 e. The Kier molecular flexibility index (Phi) is 2.00. The molecule has 4 atom stereocenters. The first-order valence-corrected chi connectivity index (χ1v) is 7.45. The van der Waals surface area contributed by atoms with Crippen LogP contribution in [0.4, 0.5) is 0 Å². The van der Waals surface area contributed by atoms with E-state index in [-0.39, 0.29) is 11.4 Å². The summed E-state index contributed by atoms with van der Waals surface area (Å²) >= 11 is 0. The average molecular weight is 234 g/mol. The van der Waals surface area contributed by atoms with Crippen LogP contribution in [0, 0.1) is 35.0 Å². The van der Waals surface area contributed by atoms with Gasteiger partial charge in [0, 0.05) is 0 Å². The van der Waals surface area contributed by atoms with Gasteiger partial charge in [-0.2, -0.15) is 0 Å². The molecule has 0 aromatic rings.